The highest BCUT2D eigenvalue weighted by Gasteiger charge is 2.06. The first-order valence-corrected chi connectivity index (χ1v) is 7.89. The van der Waals surface area contributed by atoms with Gasteiger partial charge < -0.3 is 9.88 Å². The van der Waals surface area contributed by atoms with E-state index in [4.69, 9.17) is 0 Å². The number of hydrogen-bond acceptors (Lipinski definition) is 3. The van der Waals surface area contributed by atoms with Crippen molar-refractivity contribution in [3.8, 4) is 0 Å². The minimum atomic E-state index is -0.695. The molecule has 0 aliphatic carbocycles. The van der Waals surface area contributed by atoms with Gasteiger partial charge in [-0.15, -0.1) is 0 Å². The molecule has 1 rings (SSSR count). The topological polar surface area (TPSA) is 46.9 Å². The van der Waals surface area contributed by atoms with Gasteiger partial charge in [0.25, 0.3) is 0 Å². The highest BCUT2D eigenvalue weighted by Crippen LogP contribution is 2.01. The standard InChI is InChI=1S/C12H23N3OS/c1-4-7-15-8-6-13-12(15)10-14-11(2)5-9-17(3)16/h6,8,11,14H,4-5,7,9-10H2,1-3H3. The maximum absolute atomic E-state index is 11.0. The number of rotatable bonds is 8. The van der Waals surface area contributed by atoms with Gasteiger partial charge in [0.1, 0.15) is 5.82 Å². The Balaban J connectivity index is 2.33. The second-order valence-corrected chi connectivity index (χ2v) is 5.94. The van der Waals surface area contributed by atoms with Crippen LogP contribution < -0.4 is 5.32 Å². The van der Waals surface area contributed by atoms with Crippen LogP contribution in [0.25, 0.3) is 0 Å². The van der Waals surface area contributed by atoms with E-state index in [1.165, 1.54) is 0 Å². The zero-order valence-electron chi connectivity index (χ0n) is 11.0. The summed E-state index contributed by atoms with van der Waals surface area (Å²) >= 11 is 0. The van der Waals surface area contributed by atoms with E-state index in [2.05, 4.69) is 28.7 Å². The van der Waals surface area contributed by atoms with Crippen molar-refractivity contribution in [2.24, 2.45) is 0 Å². The summed E-state index contributed by atoms with van der Waals surface area (Å²) < 4.78 is 13.2. The second-order valence-electron chi connectivity index (χ2n) is 4.38. The van der Waals surface area contributed by atoms with Gasteiger partial charge in [-0.25, -0.2) is 4.98 Å². The van der Waals surface area contributed by atoms with E-state index >= 15 is 0 Å². The van der Waals surface area contributed by atoms with Gasteiger partial charge in [0.2, 0.25) is 0 Å². The van der Waals surface area contributed by atoms with Crippen molar-refractivity contribution in [2.45, 2.75) is 45.8 Å². The van der Waals surface area contributed by atoms with Gasteiger partial charge in [0.05, 0.1) is 6.54 Å². The Hall–Kier alpha value is -0.680. The van der Waals surface area contributed by atoms with Crippen LogP contribution in [-0.2, 0) is 23.9 Å². The predicted octanol–water partition coefficient (Wildman–Crippen LogP) is 1.54. The molecule has 1 N–H and O–H groups in total. The lowest BCUT2D eigenvalue weighted by Crippen LogP contribution is -2.28. The molecule has 98 valence electrons. The third-order valence-corrected chi connectivity index (χ3v) is 3.52. The van der Waals surface area contributed by atoms with Crippen molar-refractivity contribution in [1.82, 2.24) is 14.9 Å². The summed E-state index contributed by atoms with van der Waals surface area (Å²) in [6.07, 6.45) is 7.68. The van der Waals surface area contributed by atoms with Gasteiger partial charge in [0, 0.05) is 47.8 Å². The molecule has 5 heteroatoms. The summed E-state index contributed by atoms with van der Waals surface area (Å²) in [4.78, 5) is 4.34. The Bertz CT molecular complexity index is 351. The molecule has 0 aliphatic rings. The minimum absolute atomic E-state index is 0.380. The highest BCUT2D eigenvalue weighted by molar-refractivity contribution is 7.84. The van der Waals surface area contributed by atoms with Crippen LogP contribution in [-0.4, -0.2) is 31.8 Å². The summed E-state index contributed by atoms with van der Waals surface area (Å²) in [7, 11) is -0.695. The molecule has 2 atom stereocenters. The van der Waals surface area contributed by atoms with Crippen LogP contribution in [0.15, 0.2) is 12.4 Å². The van der Waals surface area contributed by atoms with Gasteiger partial charge >= 0.3 is 0 Å². The van der Waals surface area contributed by atoms with Crippen LogP contribution in [0.2, 0.25) is 0 Å². The Morgan fingerprint density at radius 2 is 2.35 bits per heavy atom. The van der Waals surface area contributed by atoms with Crippen LogP contribution in [0, 0.1) is 0 Å². The SMILES string of the molecule is CCCn1ccnc1CNC(C)CCS(C)=O. The van der Waals surface area contributed by atoms with E-state index < -0.39 is 10.8 Å². The quantitative estimate of drug-likeness (QED) is 0.768. The lowest BCUT2D eigenvalue weighted by atomic mass is 10.2. The highest BCUT2D eigenvalue weighted by atomic mass is 32.2. The van der Waals surface area contributed by atoms with E-state index in [9.17, 15) is 4.21 Å². The third kappa shape index (κ3) is 5.46. The van der Waals surface area contributed by atoms with Gasteiger partial charge in [0.15, 0.2) is 0 Å². The molecule has 1 aromatic heterocycles. The third-order valence-electron chi connectivity index (χ3n) is 2.71. The Kier molecular flexibility index (Phi) is 6.44. The van der Waals surface area contributed by atoms with E-state index in [-0.39, 0.29) is 0 Å². The Morgan fingerprint density at radius 1 is 1.59 bits per heavy atom. The van der Waals surface area contributed by atoms with E-state index in [0.717, 1.165) is 37.5 Å². The molecule has 0 aromatic carbocycles. The van der Waals surface area contributed by atoms with Crippen molar-refractivity contribution < 1.29 is 4.21 Å². The van der Waals surface area contributed by atoms with Crippen LogP contribution in [0.4, 0.5) is 0 Å². The number of aryl methyl sites for hydroxylation is 1. The smallest absolute Gasteiger partial charge is 0.122 e. The average Bonchev–Trinajstić information content (AvgIpc) is 2.71. The largest absolute Gasteiger partial charge is 0.334 e. The molecule has 4 nitrogen and oxygen atoms in total. The fourth-order valence-electron chi connectivity index (χ4n) is 1.66. The Labute approximate surface area is 106 Å². The first kappa shape index (κ1) is 14.4. The molecule has 0 saturated carbocycles. The summed E-state index contributed by atoms with van der Waals surface area (Å²) in [6.45, 7) is 6.09. The zero-order valence-corrected chi connectivity index (χ0v) is 11.8. The minimum Gasteiger partial charge on any atom is -0.334 e. The van der Waals surface area contributed by atoms with Crippen molar-refractivity contribution in [2.75, 3.05) is 12.0 Å². The molecule has 0 saturated heterocycles. The van der Waals surface area contributed by atoms with Crippen LogP contribution in [0.3, 0.4) is 0 Å². The normalized spacial score (nSPS) is 14.8. The molecule has 2 unspecified atom stereocenters. The van der Waals surface area contributed by atoms with Gasteiger partial charge in [-0.05, 0) is 19.8 Å². The first-order valence-electron chi connectivity index (χ1n) is 6.17. The molecular formula is C12H23N3OS. The van der Waals surface area contributed by atoms with Gasteiger partial charge in [-0.2, -0.15) is 0 Å². The number of nitrogens with zero attached hydrogens (tertiary/aromatic N) is 2. The monoisotopic (exact) mass is 257 g/mol. The molecule has 0 radical (unpaired) electrons. The fraction of sp³-hybridized carbons (Fsp3) is 0.750. The number of imidazole rings is 1. The second kappa shape index (κ2) is 7.61. The van der Waals surface area contributed by atoms with E-state index in [1.54, 1.807) is 6.26 Å². The number of hydrogen-bond donors (Lipinski definition) is 1. The molecule has 0 amide bonds. The lowest BCUT2D eigenvalue weighted by molar-refractivity contribution is 0.506. The Morgan fingerprint density at radius 3 is 3.00 bits per heavy atom. The molecule has 1 heterocycles. The van der Waals surface area contributed by atoms with E-state index in [0.29, 0.717) is 6.04 Å². The van der Waals surface area contributed by atoms with Crippen molar-refractivity contribution in [3.05, 3.63) is 18.2 Å². The molecule has 0 spiro atoms. The molecule has 0 fully saturated rings. The van der Waals surface area contributed by atoms with Gasteiger partial charge in [-0.3, -0.25) is 4.21 Å². The predicted molar refractivity (Wildman–Crippen MR) is 72.4 cm³/mol. The molecular weight excluding hydrogens is 234 g/mol. The number of nitrogens with one attached hydrogen (secondary N) is 1. The van der Waals surface area contributed by atoms with Crippen LogP contribution >= 0.6 is 0 Å². The van der Waals surface area contributed by atoms with Crippen molar-refractivity contribution in [3.63, 3.8) is 0 Å². The van der Waals surface area contributed by atoms with Crippen molar-refractivity contribution >= 4 is 10.8 Å². The zero-order chi connectivity index (χ0) is 12.7. The molecule has 17 heavy (non-hydrogen) atoms. The number of aromatic nitrogens is 2. The maximum atomic E-state index is 11.0. The first-order chi connectivity index (χ1) is 8.13. The summed E-state index contributed by atoms with van der Waals surface area (Å²) in [5.41, 5.74) is 0. The van der Waals surface area contributed by atoms with E-state index in [1.807, 2.05) is 12.4 Å². The maximum Gasteiger partial charge on any atom is 0.122 e. The molecule has 0 bridgehead atoms. The van der Waals surface area contributed by atoms with Crippen LogP contribution in [0.1, 0.15) is 32.5 Å². The average molecular weight is 257 g/mol. The van der Waals surface area contributed by atoms with Crippen molar-refractivity contribution in [1.29, 1.82) is 0 Å². The molecule has 0 aliphatic heterocycles. The van der Waals surface area contributed by atoms with Crippen LogP contribution in [0.5, 0.6) is 0 Å². The summed E-state index contributed by atoms with van der Waals surface area (Å²) in [5.74, 6) is 1.84. The lowest BCUT2D eigenvalue weighted by Gasteiger charge is -2.13. The summed E-state index contributed by atoms with van der Waals surface area (Å²) in [5, 5.41) is 3.42. The molecule has 1 aromatic rings. The van der Waals surface area contributed by atoms with Gasteiger partial charge in [-0.1, -0.05) is 6.92 Å². The summed E-state index contributed by atoms with van der Waals surface area (Å²) in [6, 6.07) is 0.380. The fourth-order valence-corrected chi connectivity index (χ4v) is 2.35.